The molecule has 0 aromatic heterocycles. The second-order valence-electron chi connectivity index (χ2n) is 16.3. The minimum absolute atomic E-state index is 0.0973. The van der Waals surface area contributed by atoms with E-state index in [0.29, 0.717) is 19.3 Å². The Morgan fingerprint density at radius 1 is 0.323 bits per heavy atom. The second kappa shape index (κ2) is 50.0. The van der Waals surface area contributed by atoms with Crippen LogP contribution in [0.2, 0.25) is 0 Å². The molecule has 0 rings (SSSR count). The third-order valence-corrected chi connectivity index (χ3v) is 10.3. The molecule has 0 aliphatic heterocycles. The van der Waals surface area contributed by atoms with Crippen LogP contribution in [0, 0.1) is 0 Å². The molecule has 0 fully saturated rings. The van der Waals surface area contributed by atoms with Gasteiger partial charge in [-0.15, -0.1) is 0 Å². The van der Waals surface area contributed by atoms with Crippen molar-refractivity contribution in [1.29, 1.82) is 0 Å². The molecule has 0 bridgehead atoms. The van der Waals surface area contributed by atoms with Crippen LogP contribution >= 0.6 is 0 Å². The zero-order valence-corrected chi connectivity index (χ0v) is 40.1. The Labute approximate surface area is 381 Å². The Balaban J connectivity index is 4.36. The summed E-state index contributed by atoms with van der Waals surface area (Å²) in [5.41, 5.74) is 0. The average molecular weight is 861 g/mol. The Morgan fingerprint density at radius 2 is 0.581 bits per heavy atom. The predicted molar refractivity (Wildman–Crippen MR) is 265 cm³/mol. The summed E-state index contributed by atoms with van der Waals surface area (Å²) in [6.45, 7) is 6.24. The molecule has 0 amide bonds. The zero-order chi connectivity index (χ0) is 45.1. The van der Waals surface area contributed by atoms with Gasteiger partial charge < -0.3 is 14.2 Å². The van der Waals surface area contributed by atoms with Crippen LogP contribution in [0.4, 0.5) is 0 Å². The molecular formula is C56H92O6. The quantitative estimate of drug-likeness (QED) is 0.0263. The van der Waals surface area contributed by atoms with Crippen molar-refractivity contribution in [3.05, 3.63) is 97.2 Å². The van der Waals surface area contributed by atoms with Gasteiger partial charge in [0, 0.05) is 19.3 Å². The highest BCUT2D eigenvalue weighted by Gasteiger charge is 2.19. The molecule has 0 heterocycles. The topological polar surface area (TPSA) is 78.9 Å². The van der Waals surface area contributed by atoms with Crippen molar-refractivity contribution >= 4 is 17.9 Å². The molecule has 1 atom stereocenters. The van der Waals surface area contributed by atoms with Gasteiger partial charge in [-0.05, 0) is 109 Å². The summed E-state index contributed by atoms with van der Waals surface area (Å²) in [4.78, 5) is 37.9. The third-order valence-electron chi connectivity index (χ3n) is 10.3. The van der Waals surface area contributed by atoms with Gasteiger partial charge in [-0.2, -0.15) is 0 Å². The molecule has 62 heavy (non-hydrogen) atoms. The van der Waals surface area contributed by atoms with Crippen molar-refractivity contribution < 1.29 is 28.6 Å². The first-order valence-electron chi connectivity index (χ1n) is 25.2. The molecule has 0 spiro atoms. The van der Waals surface area contributed by atoms with Gasteiger partial charge in [0.1, 0.15) is 13.2 Å². The largest absolute Gasteiger partial charge is 0.462 e. The van der Waals surface area contributed by atoms with Gasteiger partial charge in [0.2, 0.25) is 0 Å². The number of allylic oxidation sites excluding steroid dienone is 16. The Morgan fingerprint density at radius 3 is 0.935 bits per heavy atom. The summed E-state index contributed by atoms with van der Waals surface area (Å²) in [6.07, 6.45) is 65.5. The SMILES string of the molecule is CC/C=C\C/C=C\C/C=C\CCCCCCCCCCCC(=O)OCC(COC(=O)CCCC/C=C\C/C=C\CC)OC(=O)CCCCCCCC/C=C\C/C=C\C/C=C\CC. The second-order valence-corrected chi connectivity index (χ2v) is 16.3. The molecule has 0 saturated heterocycles. The highest BCUT2D eigenvalue weighted by Crippen LogP contribution is 2.14. The molecule has 6 nitrogen and oxygen atoms in total. The van der Waals surface area contributed by atoms with E-state index in [9.17, 15) is 14.4 Å². The van der Waals surface area contributed by atoms with Crippen molar-refractivity contribution in [3.63, 3.8) is 0 Å². The Hall–Kier alpha value is -3.67. The number of esters is 3. The highest BCUT2D eigenvalue weighted by atomic mass is 16.6. The fourth-order valence-corrected chi connectivity index (χ4v) is 6.62. The standard InChI is InChI=1S/C56H92O6/c1-4-7-10-13-16-19-21-23-25-27-28-29-31-32-34-37-40-43-46-49-55(58)61-52-53(51-60-54(57)48-45-42-39-36-18-15-12-9-6-3)62-56(59)50-47-44-41-38-35-33-30-26-24-22-20-17-14-11-8-5-2/h7-12,16-20,23-26,36,53H,4-6,13-15,21-22,27-35,37-52H2,1-3H3/b10-7-,11-8-,12-9-,19-16-,20-17-,25-23-,26-24-,36-18-. The lowest BCUT2D eigenvalue weighted by Gasteiger charge is -2.18. The van der Waals surface area contributed by atoms with E-state index >= 15 is 0 Å². The number of hydrogen-bond acceptors (Lipinski definition) is 6. The number of hydrogen-bond donors (Lipinski definition) is 0. The third kappa shape index (κ3) is 47.4. The first-order valence-corrected chi connectivity index (χ1v) is 25.2. The van der Waals surface area contributed by atoms with Crippen LogP contribution in [-0.2, 0) is 28.6 Å². The van der Waals surface area contributed by atoms with E-state index in [1.54, 1.807) is 0 Å². The average Bonchev–Trinajstić information content (AvgIpc) is 3.27. The molecule has 0 aromatic carbocycles. The van der Waals surface area contributed by atoms with Gasteiger partial charge in [-0.1, -0.05) is 189 Å². The fraction of sp³-hybridized carbons (Fsp3) is 0.661. The first kappa shape index (κ1) is 58.3. The summed E-state index contributed by atoms with van der Waals surface area (Å²) >= 11 is 0. The lowest BCUT2D eigenvalue weighted by molar-refractivity contribution is -0.167. The number of carbonyl (C=O) groups is 3. The van der Waals surface area contributed by atoms with Crippen LogP contribution in [0.1, 0.15) is 220 Å². The predicted octanol–water partition coefficient (Wildman–Crippen LogP) is 16.6. The van der Waals surface area contributed by atoms with Crippen LogP contribution in [-0.4, -0.2) is 37.2 Å². The summed E-state index contributed by atoms with van der Waals surface area (Å²) < 4.78 is 16.7. The van der Waals surface area contributed by atoms with E-state index in [-0.39, 0.29) is 31.1 Å². The van der Waals surface area contributed by atoms with Crippen molar-refractivity contribution in [2.45, 2.75) is 226 Å². The van der Waals surface area contributed by atoms with Gasteiger partial charge >= 0.3 is 17.9 Å². The van der Waals surface area contributed by atoms with E-state index in [1.165, 1.54) is 57.8 Å². The maximum absolute atomic E-state index is 12.8. The van der Waals surface area contributed by atoms with Gasteiger partial charge in [0.25, 0.3) is 0 Å². The molecule has 0 N–H and O–H groups in total. The molecule has 0 aliphatic carbocycles. The maximum atomic E-state index is 12.8. The van der Waals surface area contributed by atoms with Crippen molar-refractivity contribution in [1.82, 2.24) is 0 Å². The maximum Gasteiger partial charge on any atom is 0.306 e. The Kier molecular flexibility index (Phi) is 47.0. The van der Waals surface area contributed by atoms with Crippen LogP contribution < -0.4 is 0 Å². The first-order chi connectivity index (χ1) is 30.5. The molecule has 0 aliphatic rings. The molecular weight excluding hydrogens is 769 g/mol. The number of ether oxygens (including phenoxy) is 3. The minimum atomic E-state index is -0.799. The van der Waals surface area contributed by atoms with Crippen molar-refractivity contribution in [2.75, 3.05) is 13.2 Å². The summed E-state index contributed by atoms with van der Waals surface area (Å²) in [6, 6.07) is 0. The molecule has 0 aromatic rings. The fourth-order valence-electron chi connectivity index (χ4n) is 6.62. The van der Waals surface area contributed by atoms with Gasteiger partial charge in [-0.3, -0.25) is 14.4 Å². The van der Waals surface area contributed by atoms with E-state index in [1.807, 2.05) is 0 Å². The van der Waals surface area contributed by atoms with Gasteiger partial charge in [0.15, 0.2) is 6.10 Å². The summed E-state index contributed by atoms with van der Waals surface area (Å²) in [7, 11) is 0. The molecule has 1 unspecified atom stereocenters. The van der Waals surface area contributed by atoms with Crippen molar-refractivity contribution in [3.8, 4) is 0 Å². The van der Waals surface area contributed by atoms with E-state index in [0.717, 1.165) is 122 Å². The zero-order valence-electron chi connectivity index (χ0n) is 40.1. The van der Waals surface area contributed by atoms with Gasteiger partial charge in [0.05, 0.1) is 0 Å². The smallest absolute Gasteiger partial charge is 0.306 e. The van der Waals surface area contributed by atoms with Crippen LogP contribution in [0.3, 0.4) is 0 Å². The molecule has 352 valence electrons. The summed E-state index contributed by atoms with van der Waals surface area (Å²) in [5, 5.41) is 0. The van der Waals surface area contributed by atoms with Crippen LogP contribution in [0.15, 0.2) is 97.2 Å². The summed E-state index contributed by atoms with van der Waals surface area (Å²) in [5.74, 6) is -0.959. The number of carbonyl (C=O) groups excluding carboxylic acids is 3. The van der Waals surface area contributed by atoms with Crippen LogP contribution in [0.25, 0.3) is 0 Å². The molecule has 0 saturated carbocycles. The Bertz CT molecular complexity index is 1260. The molecule has 0 radical (unpaired) electrons. The lowest BCUT2D eigenvalue weighted by Crippen LogP contribution is -2.30. The van der Waals surface area contributed by atoms with Crippen molar-refractivity contribution in [2.24, 2.45) is 0 Å². The highest BCUT2D eigenvalue weighted by molar-refractivity contribution is 5.71. The molecule has 6 heteroatoms. The number of unbranched alkanes of at least 4 members (excludes halogenated alkanes) is 17. The lowest BCUT2D eigenvalue weighted by atomic mass is 10.1. The van der Waals surface area contributed by atoms with E-state index < -0.39 is 6.10 Å². The van der Waals surface area contributed by atoms with E-state index in [2.05, 4.69) is 118 Å². The van der Waals surface area contributed by atoms with Crippen LogP contribution in [0.5, 0.6) is 0 Å². The van der Waals surface area contributed by atoms with Gasteiger partial charge in [-0.25, -0.2) is 0 Å². The monoisotopic (exact) mass is 861 g/mol. The normalized spacial score (nSPS) is 12.9. The number of rotatable bonds is 44. The minimum Gasteiger partial charge on any atom is -0.462 e. The van der Waals surface area contributed by atoms with E-state index in [4.69, 9.17) is 14.2 Å².